The number of hydrogen-bond acceptors (Lipinski definition) is 8. The largest absolute Gasteiger partial charge is 0.447 e. The standard InChI is InChI=1S/C24H34N4O5SSi/c1-15(2)35(16(3)4,17(5)6)10-9-18-11-21(28-19(13-32-7)14-33-24(28)29)26-22-20(18)12-25-23(27-22)34(8,30)31/h11-12,15-17,19H,13-14H2,1-8H3. The van der Waals surface area contributed by atoms with Crippen LogP contribution in [0.15, 0.2) is 17.4 Å². The average molecular weight is 519 g/mol. The van der Waals surface area contributed by atoms with E-state index in [1.165, 1.54) is 11.1 Å². The van der Waals surface area contributed by atoms with E-state index < -0.39 is 24.0 Å². The molecule has 1 saturated heterocycles. The maximum Gasteiger partial charge on any atom is 0.416 e. The summed E-state index contributed by atoms with van der Waals surface area (Å²) in [6.07, 6.45) is 1.93. The Hall–Kier alpha value is -2.55. The highest BCUT2D eigenvalue weighted by Crippen LogP contribution is 2.41. The number of carbonyl (C=O) groups is 1. The van der Waals surface area contributed by atoms with Crippen LogP contribution in [0.2, 0.25) is 16.6 Å². The average Bonchev–Trinajstić information content (AvgIpc) is 3.12. The lowest BCUT2D eigenvalue weighted by molar-refractivity contribution is 0.156. The molecule has 190 valence electrons. The van der Waals surface area contributed by atoms with Crippen LogP contribution in [0.4, 0.5) is 10.6 Å². The maximum atomic E-state index is 12.6. The van der Waals surface area contributed by atoms with Crippen LogP contribution in [0.3, 0.4) is 0 Å². The smallest absolute Gasteiger partial charge is 0.416 e. The van der Waals surface area contributed by atoms with Gasteiger partial charge in [-0.1, -0.05) is 47.5 Å². The summed E-state index contributed by atoms with van der Waals surface area (Å²) in [7, 11) is -4.18. The van der Waals surface area contributed by atoms with Crippen molar-refractivity contribution in [3.63, 3.8) is 0 Å². The molecule has 1 fully saturated rings. The summed E-state index contributed by atoms with van der Waals surface area (Å²) in [5.74, 6) is 3.68. The molecule has 1 unspecified atom stereocenters. The minimum Gasteiger partial charge on any atom is -0.447 e. The third kappa shape index (κ3) is 5.20. The molecule has 0 saturated carbocycles. The second kappa shape index (κ2) is 10.2. The van der Waals surface area contributed by atoms with E-state index in [4.69, 9.17) is 9.47 Å². The van der Waals surface area contributed by atoms with Crippen molar-refractivity contribution in [1.29, 1.82) is 0 Å². The van der Waals surface area contributed by atoms with E-state index >= 15 is 0 Å². The Balaban J connectivity index is 2.30. The number of aromatic nitrogens is 3. The van der Waals surface area contributed by atoms with Crippen molar-refractivity contribution in [2.24, 2.45) is 0 Å². The molecule has 1 aliphatic heterocycles. The molecule has 3 heterocycles. The fourth-order valence-electron chi connectivity index (χ4n) is 5.05. The first-order valence-electron chi connectivity index (χ1n) is 11.7. The molecule has 35 heavy (non-hydrogen) atoms. The lowest BCUT2D eigenvalue weighted by Crippen LogP contribution is -2.43. The molecule has 0 spiro atoms. The molecule has 0 radical (unpaired) electrons. The Morgan fingerprint density at radius 2 is 1.80 bits per heavy atom. The molecule has 0 N–H and O–H groups in total. The summed E-state index contributed by atoms with van der Waals surface area (Å²) in [6, 6.07) is 1.36. The van der Waals surface area contributed by atoms with Gasteiger partial charge in [-0.3, -0.25) is 4.90 Å². The van der Waals surface area contributed by atoms with Crippen molar-refractivity contribution in [2.45, 2.75) is 69.4 Å². The van der Waals surface area contributed by atoms with E-state index in [1.54, 1.807) is 13.2 Å². The van der Waals surface area contributed by atoms with Crippen molar-refractivity contribution >= 4 is 40.9 Å². The van der Waals surface area contributed by atoms with Crippen LogP contribution in [0.25, 0.3) is 11.0 Å². The number of hydrogen-bond donors (Lipinski definition) is 0. The van der Waals surface area contributed by atoms with E-state index in [2.05, 4.69) is 68.0 Å². The molecular formula is C24H34N4O5SSi. The lowest BCUT2D eigenvalue weighted by atomic mass is 10.2. The van der Waals surface area contributed by atoms with Gasteiger partial charge in [0.1, 0.15) is 20.5 Å². The Bertz CT molecular complexity index is 1260. The molecule has 2 aromatic heterocycles. The second-order valence-electron chi connectivity index (χ2n) is 9.89. The molecule has 9 nitrogen and oxygen atoms in total. The predicted octanol–water partition coefficient (Wildman–Crippen LogP) is 3.97. The van der Waals surface area contributed by atoms with Crippen LogP contribution in [0, 0.1) is 11.5 Å². The van der Waals surface area contributed by atoms with Crippen LogP contribution < -0.4 is 4.90 Å². The molecule has 1 amide bonds. The molecule has 3 rings (SSSR count). The minimum absolute atomic E-state index is 0.156. The Morgan fingerprint density at radius 3 is 2.34 bits per heavy atom. The van der Waals surface area contributed by atoms with Crippen molar-refractivity contribution in [3.8, 4) is 11.5 Å². The van der Waals surface area contributed by atoms with E-state index in [0.717, 1.165) is 6.26 Å². The summed E-state index contributed by atoms with van der Waals surface area (Å²) >= 11 is 0. The van der Waals surface area contributed by atoms with Gasteiger partial charge in [-0.2, -0.15) is 4.98 Å². The quantitative estimate of drug-likeness (QED) is 0.307. The normalized spacial score (nSPS) is 16.8. The third-order valence-corrected chi connectivity index (χ3v) is 13.9. The van der Waals surface area contributed by atoms with Gasteiger partial charge in [0.2, 0.25) is 15.0 Å². The fourth-order valence-corrected chi connectivity index (χ4v) is 10.8. The van der Waals surface area contributed by atoms with Crippen LogP contribution in [-0.2, 0) is 19.3 Å². The number of pyridine rings is 1. The van der Waals surface area contributed by atoms with Gasteiger partial charge in [0, 0.05) is 25.1 Å². The van der Waals surface area contributed by atoms with Gasteiger partial charge in [-0.05, 0) is 22.7 Å². The van der Waals surface area contributed by atoms with Gasteiger partial charge in [0.15, 0.2) is 5.65 Å². The number of fused-ring (bicyclic) bond motifs is 1. The number of carbonyl (C=O) groups excluding carboxylic acids is 1. The van der Waals surface area contributed by atoms with E-state index in [0.29, 0.717) is 27.6 Å². The molecule has 1 atom stereocenters. The van der Waals surface area contributed by atoms with Gasteiger partial charge in [-0.25, -0.2) is 23.2 Å². The van der Waals surface area contributed by atoms with Gasteiger partial charge >= 0.3 is 6.09 Å². The summed E-state index contributed by atoms with van der Waals surface area (Å²) in [5, 5.41) is 0.199. The summed E-state index contributed by atoms with van der Waals surface area (Å²) in [4.78, 5) is 26.8. The molecule has 2 aromatic rings. The highest BCUT2D eigenvalue weighted by Gasteiger charge is 2.42. The van der Waals surface area contributed by atoms with Crippen LogP contribution in [0.5, 0.6) is 0 Å². The highest BCUT2D eigenvalue weighted by atomic mass is 32.2. The first-order chi connectivity index (χ1) is 16.3. The predicted molar refractivity (Wildman–Crippen MR) is 138 cm³/mol. The minimum atomic E-state index is -3.66. The van der Waals surface area contributed by atoms with Crippen molar-refractivity contribution in [2.75, 3.05) is 31.5 Å². The number of ether oxygens (including phenoxy) is 2. The zero-order valence-electron chi connectivity index (χ0n) is 21.6. The first kappa shape index (κ1) is 27.0. The Morgan fingerprint density at radius 1 is 1.17 bits per heavy atom. The molecule has 11 heteroatoms. The van der Waals surface area contributed by atoms with Crippen molar-refractivity contribution in [3.05, 3.63) is 17.8 Å². The van der Waals surface area contributed by atoms with Crippen molar-refractivity contribution in [1.82, 2.24) is 15.0 Å². The number of methoxy groups -OCH3 is 1. The zero-order chi connectivity index (χ0) is 26.1. The number of amides is 1. The molecular weight excluding hydrogens is 484 g/mol. The monoisotopic (exact) mass is 518 g/mol. The summed E-state index contributed by atoms with van der Waals surface area (Å²) in [6.45, 7) is 13.8. The van der Waals surface area contributed by atoms with Gasteiger partial charge in [-0.15, -0.1) is 5.54 Å². The Kier molecular flexibility index (Phi) is 7.88. The number of nitrogens with zero attached hydrogens (tertiary/aromatic N) is 4. The van der Waals surface area contributed by atoms with Crippen molar-refractivity contribution < 1.29 is 22.7 Å². The summed E-state index contributed by atoms with van der Waals surface area (Å²) < 4.78 is 34.7. The highest BCUT2D eigenvalue weighted by molar-refractivity contribution is 7.90. The first-order valence-corrected chi connectivity index (χ1v) is 15.8. The van der Waals surface area contributed by atoms with E-state index in [1.807, 2.05) is 0 Å². The maximum absolute atomic E-state index is 12.6. The third-order valence-electron chi connectivity index (χ3n) is 6.71. The number of sulfone groups is 1. The Labute approximate surface area is 208 Å². The molecule has 0 aromatic carbocycles. The van der Waals surface area contributed by atoms with Crippen LogP contribution >= 0.6 is 0 Å². The zero-order valence-corrected chi connectivity index (χ0v) is 23.4. The number of rotatable bonds is 7. The van der Waals surface area contributed by atoms with Gasteiger partial charge in [0.25, 0.3) is 0 Å². The fraction of sp³-hybridized carbons (Fsp3) is 0.583. The topological polar surface area (TPSA) is 112 Å². The second-order valence-corrected chi connectivity index (χ2v) is 17.4. The SMILES string of the molecule is COCC1COC(=O)N1c1cc(C#C[Si](C(C)C)(C(C)C)C(C)C)c2cnc(S(C)(=O)=O)nc2n1. The molecule has 0 bridgehead atoms. The number of anilines is 1. The van der Waals surface area contributed by atoms with E-state index in [9.17, 15) is 13.2 Å². The van der Waals surface area contributed by atoms with Gasteiger partial charge in [0.05, 0.1) is 18.0 Å². The van der Waals surface area contributed by atoms with Gasteiger partial charge < -0.3 is 9.47 Å². The van der Waals surface area contributed by atoms with Crippen LogP contribution in [-0.4, -0.2) is 70.2 Å². The molecule has 1 aliphatic rings. The number of cyclic esters (lactones) is 1. The van der Waals surface area contributed by atoms with Crippen LogP contribution in [0.1, 0.15) is 47.1 Å². The lowest BCUT2D eigenvalue weighted by Gasteiger charge is -2.38. The molecule has 0 aliphatic carbocycles. The summed E-state index contributed by atoms with van der Waals surface area (Å²) in [5.41, 5.74) is 5.71. The van der Waals surface area contributed by atoms with E-state index in [-0.39, 0.29) is 35.9 Å².